The molecule has 1 aromatic heterocycles. The number of carbonyl (C=O) groups is 1. The van der Waals surface area contributed by atoms with E-state index in [0.29, 0.717) is 24.0 Å². The van der Waals surface area contributed by atoms with Crippen molar-refractivity contribution < 1.29 is 36.6 Å². The van der Waals surface area contributed by atoms with Crippen LogP contribution >= 0.6 is 0 Å². The van der Waals surface area contributed by atoms with Gasteiger partial charge in [0.05, 0.1) is 13.2 Å². The lowest BCUT2D eigenvalue weighted by molar-refractivity contribution is -0.146. The average Bonchev–Trinajstić information content (AvgIpc) is 2.65. The van der Waals surface area contributed by atoms with Gasteiger partial charge in [-0.3, -0.25) is 0 Å². The van der Waals surface area contributed by atoms with E-state index in [1.54, 1.807) is 6.92 Å². The third-order valence-corrected chi connectivity index (χ3v) is 4.19. The van der Waals surface area contributed by atoms with Gasteiger partial charge in [-0.2, -0.15) is 8.78 Å². The fourth-order valence-electron chi connectivity index (χ4n) is 2.96. The van der Waals surface area contributed by atoms with Gasteiger partial charge in [-0.15, -0.1) is 0 Å². The Labute approximate surface area is 158 Å². The Kier molecular flexibility index (Phi) is 6.13. The van der Waals surface area contributed by atoms with Crippen molar-refractivity contribution in [2.75, 3.05) is 13.2 Å². The van der Waals surface area contributed by atoms with Crippen LogP contribution in [0.5, 0.6) is 5.88 Å². The molecule has 0 unspecified atom stereocenters. The number of esters is 1. The summed E-state index contributed by atoms with van der Waals surface area (Å²) in [6.45, 7) is -1.58. The number of carbonyl (C=O) groups excluding carboxylic acids is 1. The number of ether oxygens (including phenoxy) is 3. The smallest absolute Gasteiger partial charge is 0.357 e. The lowest BCUT2D eigenvalue weighted by Gasteiger charge is -2.27. The number of benzene rings is 1. The second-order valence-electron chi connectivity index (χ2n) is 6.06. The summed E-state index contributed by atoms with van der Waals surface area (Å²) < 4.78 is 67.0. The molecule has 0 spiro atoms. The average molecular weight is 399 g/mol. The Bertz CT molecular complexity index is 875. The molecule has 3 rings (SSSR count). The summed E-state index contributed by atoms with van der Waals surface area (Å²) in [5.41, 5.74) is 0.733. The van der Waals surface area contributed by atoms with Crippen LogP contribution in [0.15, 0.2) is 24.3 Å². The number of fused-ring (bicyclic) bond motifs is 1. The minimum absolute atomic E-state index is 0.0124. The molecule has 1 aromatic carbocycles. The second-order valence-corrected chi connectivity index (χ2v) is 6.06. The Hall–Kier alpha value is -2.68. The summed E-state index contributed by atoms with van der Waals surface area (Å²) in [6.07, 6.45) is -0.0393. The first-order chi connectivity index (χ1) is 13.4. The number of alkyl halides is 2. The first-order valence-corrected chi connectivity index (χ1v) is 8.62. The van der Waals surface area contributed by atoms with Gasteiger partial charge in [0.1, 0.15) is 17.7 Å². The molecule has 1 atom stereocenters. The van der Waals surface area contributed by atoms with Crippen LogP contribution in [0.4, 0.5) is 17.6 Å². The largest absolute Gasteiger partial charge is 0.472 e. The van der Waals surface area contributed by atoms with Gasteiger partial charge < -0.3 is 14.2 Å². The topological polar surface area (TPSA) is 57.7 Å². The summed E-state index contributed by atoms with van der Waals surface area (Å²) in [7, 11) is 0. The SMILES string of the molecule is CCOC(=O)c1cc(-c2ccc(F)cc2F)c2c(n1)O[C@@H](COC(F)F)CC2. The zero-order chi connectivity index (χ0) is 20.3. The number of hydrogen-bond acceptors (Lipinski definition) is 5. The maximum atomic E-state index is 14.4. The van der Waals surface area contributed by atoms with Gasteiger partial charge in [-0.05, 0) is 43.5 Å². The second kappa shape index (κ2) is 8.55. The van der Waals surface area contributed by atoms with Crippen LogP contribution in [0, 0.1) is 11.6 Å². The van der Waals surface area contributed by atoms with Crippen LogP contribution in [0.1, 0.15) is 29.4 Å². The maximum Gasteiger partial charge on any atom is 0.357 e. The van der Waals surface area contributed by atoms with Crippen LogP contribution in [0.2, 0.25) is 0 Å². The highest BCUT2D eigenvalue weighted by atomic mass is 19.3. The van der Waals surface area contributed by atoms with E-state index < -0.39 is 30.3 Å². The van der Waals surface area contributed by atoms with Gasteiger partial charge in [-0.25, -0.2) is 18.6 Å². The van der Waals surface area contributed by atoms with E-state index in [9.17, 15) is 22.4 Å². The summed E-state index contributed by atoms with van der Waals surface area (Å²) in [6, 6.07) is 4.43. The lowest BCUT2D eigenvalue weighted by atomic mass is 9.94. The standard InChI is InChI=1S/C19H17F4NO4/c1-2-26-18(25)16-8-14(12-5-3-10(20)7-15(12)21)13-6-4-11(9-27-19(22)23)28-17(13)24-16/h3,5,7-8,11,19H,2,4,6,9H2,1H3/t11-/m1/s1. The van der Waals surface area contributed by atoms with Crippen LogP contribution in [0.25, 0.3) is 11.1 Å². The van der Waals surface area contributed by atoms with Crippen molar-refractivity contribution >= 4 is 5.97 Å². The van der Waals surface area contributed by atoms with E-state index in [1.165, 1.54) is 12.1 Å². The number of pyridine rings is 1. The van der Waals surface area contributed by atoms with Crippen molar-refractivity contribution in [1.29, 1.82) is 0 Å². The van der Waals surface area contributed by atoms with Gasteiger partial charge in [-0.1, -0.05) is 0 Å². The predicted molar refractivity (Wildman–Crippen MR) is 90.2 cm³/mol. The number of nitrogens with zero attached hydrogens (tertiary/aromatic N) is 1. The van der Waals surface area contributed by atoms with Crippen LogP contribution in [0.3, 0.4) is 0 Å². The van der Waals surface area contributed by atoms with Crippen molar-refractivity contribution in [1.82, 2.24) is 4.98 Å². The Balaban J connectivity index is 2.03. The summed E-state index contributed by atoms with van der Waals surface area (Å²) in [5, 5.41) is 0. The fourth-order valence-corrected chi connectivity index (χ4v) is 2.96. The van der Waals surface area contributed by atoms with Crippen molar-refractivity contribution in [3.05, 3.63) is 47.2 Å². The number of hydrogen-bond donors (Lipinski definition) is 0. The van der Waals surface area contributed by atoms with E-state index in [-0.39, 0.29) is 30.4 Å². The van der Waals surface area contributed by atoms with E-state index in [1.807, 2.05) is 0 Å². The molecule has 0 bridgehead atoms. The summed E-state index contributed by atoms with van der Waals surface area (Å²) in [5.74, 6) is -2.29. The molecule has 0 fully saturated rings. The molecular weight excluding hydrogens is 382 g/mol. The molecule has 9 heteroatoms. The van der Waals surface area contributed by atoms with E-state index in [0.717, 1.165) is 12.1 Å². The zero-order valence-electron chi connectivity index (χ0n) is 14.9. The molecule has 0 aliphatic carbocycles. The number of halogens is 4. The Morgan fingerprint density at radius 2 is 2.07 bits per heavy atom. The van der Waals surface area contributed by atoms with E-state index in [4.69, 9.17) is 9.47 Å². The molecule has 0 saturated heterocycles. The molecule has 5 nitrogen and oxygen atoms in total. The van der Waals surface area contributed by atoms with Gasteiger partial charge in [0.2, 0.25) is 5.88 Å². The van der Waals surface area contributed by atoms with Gasteiger partial charge in [0, 0.05) is 17.2 Å². The summed E-state index contributed by atoms with van der Waals surface area (Å²) in [4.78, 5) is 16.2. The minimum Gasteiger partial charge on any atom is -0.472 e. The minimum atomic E-state index is -2.94. The highest BCUT2D eigenvalue weighted by molar-refractivity contribution is 5.90. The molecule has 2 heterocycles. The highest BCUT2D eigenvalue weighted by Gasteiger charge is 2.28. The quantitative estimate of drug-likeness (QED) is 0.540. The third kappa shape index (κ3) is 4.41. The van der Waals surface area contributed by atoms with Crippen LogP contribution < -0.4 is 4.74 Å². The highest BCUT2D eigenvalue weighted by Crippen LogP contribution is 2.37. The van der Waals surface area contributed by atoms with Gasteiger partial charge >= 0.3 is 12.6 Å². The first kappa shape index (κ1) is 20.1. The van der Waals surface area contributed by atoms with E-state index >= 15 is 0 Å². The third-order valence-electron chi connectivity index (χ3n) is 4.19. The van der Waals surface area contributed by atoms with Crippen LogP contribution in [-0.4, -0.2) is 36.9 Å². The molecule has 0 amide bonds. The maximum absolute atomic E-state index is 14.4. The fraction of sp³-hybridized carbons (Fsp3) is 0.368. The molecule has 0 saturated carbocycles. The number of aromatic nitrogens is 1. The molecule has 1 aliphatic heterocycles. The number of rotatable bonds is 6. The molecule has 2 aromatic rings. The van der Waals surface area contributed by atoms with Crippen LogP contribution in [-0.2, 0) is 15.9 Å². The Morgan fingerprint density at radius 3 is 2.75 bits per heavy atom. The summed E-state index contributed by atoms with van der Waals surface area (Å²) >= 11 is 0. The molecule has 150 valence electrons. The van der Waals surface area contributed by atoms with Crippen molar-refractivity contribution in [2.24, 2.45) is 0 Å². The molecule has 0 radical (unpaired) electrons. The Morgan fingerprint density at radius 1 is 1.29 bits per heavy atom. The molecule has 0 N–H and O–H groups in total. The lowest BCUT2D eigenvalue weighted by Crippen LogP contribution is -2.30. The molecular formula is C19H17F4NO4. The molecule has 1 aliphatic rings. The zero-order valence-corrected chi connectivity index (χ0v) is 14.9. The molecule has 28 heavy (non-hydrogen) atoms. The van der Waals surface area contributed by atoms with E-state index in [2.05, 4.69) is 9.72 Å². The first-order valence-electron chi connectivity index (χ1n) is 8.62. The predicted octanol–water partition coefficient (Wildman–Crippen LogP) is 4.14. The van der Waals surface area contributed by atoms with Crippen molar-refractivity contribution in [3.63, 3.8) is 0 Å². The van der Waals surface area contributed by atoms with Gasteiger partial charge in [0.15, 0.2) is 5.69 Å². The van der Waals surface area contributed by atoms with Gasteiger partial charge in [0.25, 0.3) is 0 Å². The van der Waals surface area contributed by atoms with Crippen molar-refractivity contribution in [2.45, 2.75) is 32.5 Å². The monoisotopic (exact) mass is 399 g/mol. The normalized spacial score (nSPS) is 15.9. The van der Waals surface area contributed by atoms with Crippen molar-refractivity contribution in [3.8, 4) is 17.0 Å².